The van der Waals surface area contributed by atoms with E-state index in [1.807, 2.05) is 30.3 Å². The van der Waals surface area contributed by atoms with Gasteiger partial charge in [0, 0.05) is 34.7 Å². The van der Waals surface area contributed by atoms with E-state index in [1.165, 1.54) is 10.4 Å². The molecule has 1 aliphatic heterocycles. The number of aromatic nitrogens is 2. The van der Waals surface area contributed by atoms with Crippen molar-refractivity contribution in [3.05, 3.63) is 46.1 Å². The normalized spacial score (nSPS) is 16.2. The van der Waals surface area contributed by atoms with Crippen molar-refractivity contribution in [2.75, 3.05) is 18.8 Å². The molecule has 0 unspecified atom stereocenters. The lowest BCUT2D eigenvalue weighted by atomic mass is 10.0. The first kappa shape index (κ1) is 22.2. The molecule has 1 aromatic heterocycles. The molecule has 1 amide bonds. The maximum atomic E-state index is 12.6. The van der Waals surface area contributed by atoms with E-state index in [1.54, 1.807) is 13.1 Å². The predicted molar refractivity (Wildman–Crippen MR) is 118 cm³/mol. The molecular weight excluding hydrogens is 470 g/mol. The molecule has 30 heavy (non-hydrogen) atoms. The largest absolute Gasteiger partial charge is 0.349 e. The number of hydrogen-bond donors (Lipinski definition) is 2. The van der Waals surface area contributed by atoms with E-state index < -0.39 is 15.9 Å². The maximum absolute atomic E-state index is 12.6. The van der Waals surface area contributed by atoms with Crippen LogP contribution in [0.3, 0.4) is 0 Å². The molecule has 0 aliphatic carbocycles. The van der Waals surface area contributed by atoms with Crippen LogP contribution in [0.15, 0.2) is 40.5 Å². The van der Waals surface area contributed by atoms with Gasteiger partial charge in [-0.25, -0.2) is 12.7 Å². The summed E-state index contributed by atoms with van der Waals surface area (Å²) in [6.45, 7) is 2.34. The summed E-state index contributed by atoms with van der Waals surface area (Å²) in [7, 11) is -3.22. The van der Waals surface area contributed by atoms with Crippen LogP contribution in [0, 0.1) is 11.3 Å². The third-order valence-electron chi connectivity index (χ3n) is 5.01. The van der Waals surface area contributed by atoms with Gasteiger partial charge in [0.05, 0.1) is 17.6 Å². The number of halogens is 1. The third-order valence-corrected chi connectivity index (χ3v) is 7.42. The standard InChI is InChI=1S/C20H22BrN5O3S/c1-2-30(28,29)26-9-7-18(8-10-26)24-20(27)15(12-22)11-16-13-23-25-19(16)14-3-5-17(21)6-4-14/h3-6,11,13,18H,2,7-10H2,1H3,(H,23,25)(H,24,27)/b15-11+. The van der Waals surface area contributed by atoms with Crippen LogP contribution in [0.1, 0.15) is 25.3 Å². The lowest BCUT2D eigenvalue weighted by Crippen LogP contribution is -2.47. The van der Waals surface area contributed by atoms with Crippen molar-refractivity contribution in [3.63, 3.8) is 0 Å². The van der Waals surface area contributed by atoms with E-state index in [4.69, 9.17) is 0 Å². The number of carbonyl (C=O) groups excluding carboxylic acids is 1. The van der Waals surface area contributed by atoms with Gasteiger partial charge in [-0.1, -0.05) is 28.1 Å². The number of nitrogens with one attached hydrogen (secondary N) is 2. The van der Waals surface area contributed by atoms with Crippen LogP contribution in [-0.4, -0.2) is 53.7 Å². The minimum atomic E-state index is -3.22. The number of piperidine rings is 1. The number of H-pyrrole nitrogens is 1. The molecule has 1 fully saturated rings. The number of rotatable bonds is 6. The molecule has 0 bridgehead atoms. The minimum absolute atomic E-state index is 0.0293. The molecule has 0 saturated carbocycles. The lowest BCUT2D eigenvalue weighted by Gasteiger charge is -2.31. The van der Waals surface area contributed by atoms with E-state index in [0.29, 0.717) is 37.2 Å². The molecule has 1 aromatic carbocycles. The van der Waals surface area contributed by atoms with Crippen molar-refractivity contribution in [2.24, 2.45) is 0 Å². The van der Waals surface area contributed by atoms with Gasteiger partial charge in [-0.3, -0.25) is 9.89 Å². The average Bonchev–Trinajstić information content (AvgIpc) is 3.21. The van der Waals surface area contributed by atoms with E-state index in [0.717, 1.165) is 10.0 Å². The second kappa shape index (κ2) is 9.55. The van der Waals surface area contributed by atoms with Gasteiger partial charge in [-0.2, -0.15) is 10.4 Å². The Hall–Kier alpha value is -2.48. The Morgan fingerprint density at radius 3 is 2.63 bits per heavy atom. The van der Waals surface area contributed by atoms with E-state index in [9.17, 15) is 18.5 Å². The Bertz CT molecular complexity index is 1080. The minimum Gasteiger partial charge on any atom is -0.349 e. The fraction of sp³-hybridized carbons (Fsp3) is 0.350. The third kappa shape index (κ3) is 5.16. The van der Waals surface area contributed by atoms with Crippen molar-refractivity contribution in [3.8, 4) is 17.3 Å². The number of hydrogen-bond acceptors (Lipinski definition) is 5. The summed E-state index contributed by atoms with van der Waals surface area (Å²) in [6.07, 6.45) is 4.10. The van der Waals surface area contributed by atoms with Crippen LogP contribution in [0.25, 0.3) is 17.3 Å². The molecule has 2 heterocycles. The van der Waals surface area contributed by atoms with Gasteiger partial charge >= 0.3 is 0 Å². The van der Waals surface area contributed by atoms with Crippen molar-refractivity contribution < 1.29 is 13.2 Å². The Balaban J connectivity index is 1.69. The number of nitrogens with zero attached hydrogens (tertiary/aromatic N) is 3. The van der Waals surface area contributed by atoms with Crippen LogP contribution < -0.4 is 5.32 Å². The fourth-order valence-electron chi connectivity index (χ4n) is 3.28. The molecule has 0 spiro atoms. The summed E-state index contributed by atoms with van der Waals surface area (Å²) in [5.74, 6) is -0.409. The van der Waals surface area contributed by atoms with Gasteiger partial charge in [0.2, 0.25) is 10.0 Å². The second-order valence-electron chi connectivity index (χ2n) is 6.92. The molecule has 2 N–H and O–H groups in total. The second-order valence-corrected chi connectivity index (χ2v) is 10.1. The first-order chi connectivity index (χ1) is 14.3. The SMILES string of the molecule is CCS(=O)(=O)N1CCC(NC(=O)/C(C#N)=C/c2cn[nH]c2-c2ccc(Br)cc2)CC1. The summed E-state index contributed by atoms with van der Waals surface area (Å²) in [6, 6.07) is 9.37. The van der Waals surface area contributed by atoms with Crippen LogP contribution in [0.2, 0.25) is 0 Å². The smallest absolute Gasteiger partial charge is 0.262 e. The zero-order valence-corrected chi connectivity index (χ0v) is 18.8. The van der Waals surface area contributed by atoms with Crippen molar-refractivity contribution in [1.29, 1.82) is 5.26 Å². The number of nitriles is 1. The van der Waals surface area contributed by atoms with Crippen LogP contribution >= 0.6 is 15.9 Å². The van der Waals surface area contributed by atoms with Gasteiger partial charge in [0.25, 0.3) is 5.91 Å². The fourth-order valence-corrected chi connectivity index (χ4v) is 4.68. The molecule has 1 aliphatic rings. The zero-order chi connectivity index (χ0) is 21.7. The number of aromatic amines is 1. The predicted octanol–water partition coefficient (Wildman–Crippen LogP) is 2.68. The number of sulfonamides is 1. The van der Waals surface area contributed by atoms with Crippen molar-refractivity contribution in [2.45, 2.75) is 25.8 Å². The first-order valence-electron chi connectivity index (χ1n) is 9.54. The van der Waals surface area contributed by atoms with Gasteiger partial charge < -0.3 is 5.32 Å². The average molecular weight is 492 g/mol. The van der Waals surface area contributed by atoms with E-state index in [-0.39, 0.29) is 17.4 Å². The Kier molecular flexibility index (Phi) is 7.07. The van der Waals surface area contributed by atoms with Crippen LogP contribution in [0.4, 0.5) is 0 Å². The van der Waals surface area contributed by atoms with Gasteiger partial charge in [-0.15, -0.1) is 0 Å². The number of carbonyl (C=O) groups is 1. The zero-order valence-electron chi connectivity index (χ0n) is 16.4. The highest BCUT2D eigenvalue weighted by Crippen LogP contribution is 2.25. The Morgan fingerprint density at radius 2 is 2.03 bits per heavy atom. The highest BCUT2D eigenvalue weighted by molar-refractivity contribution is 9.10. The van der Waals surface area contributed by atoms with Gasteiger partial charge in [0.1, 0.15) is 11.6 Å². The molecule has 2 aromatic rings. The number of amides is 1. The highest BCUT2D eigenvalue weighted by atomic mass is 79.9. The lowest BCUT2D eigenvalue weighted by molar-refractivity contribution is -0.117. The maximum Gasteiger partial charge on any atom is 0.262 e. The van der Waals surface area contributed by atoms with Crippen molar-refractivity contribution in [1.82, 2.24) is 19.8 Å². The topological polar surface area (TPSA) is 119 Å². The highest BCUT2D eigenvalue weighted by Gasteiger charge is 2.28. The van der Waals surface area contributed by atoms with E-state index >= 15 is 0 Å². The summed E-state index contributed by atoms with van der Waals surface area (Å²) < 4.78 is 26.3. The molecular formula is C20H22BrN5O3S. The van der Waals surface area contributed by atoms with Gasteiger partial charge in [0.15, 0.2) is 0 Å². The molecule has 3 rings (SSSR count). The van der Waals surface area contributed by atoms with Gasteiger partial charge in [-0.05, 0) is 38.0 Å². The number of benzene rings is 1. The summed E-state index contributed by atoms with van der Waals surface area (Å²) in [5, 5.41) is 19.3. The molecule has 0 atom stereocenters. The summed E-state index contributed by atoms with van der Waals surface area (Å²) in [5.41, 5.74) is 2.19. The van der Waals surface area contributed by atoms with Crippen LogP contribution in [0.5, 0.6) is 0 Å². The summed E-state index contributed by atoms with van der Waals surface area (Å²) >= 11 is 3.39. The van der Waals surface area contributed by atoms with Crippen LogP contribution in [-0.2, 0) is 14.8 Å². The van der Waals surface area contributed by atoms with Crippen molar-refractivity contribution >= 4 is 37.9 Å². The Labute approximate surface area is 184 Å². The summed E-state index contributed by atoms with van der Waals surface area (Å²) in [4.78, 5) is 12.6. The molecule has 10 heteroatoms. The Morgan fingerprint density at radius 1 is 1.37 bits per heavy atom. The quantitative estimate of drug-likeness (QED) is 0.475. The molecule has 0 radical (unpaired) electrons. The van der Waals surface area contributed by atoms with E-state index in [2.05, 4.69) is 31.4 Å². The first-order valence-corrected chi connectivity index (χ1v) is 11.9. The molecule has 1 saturated heterocycles. The monoisotopic (exact) mass is 491 g/mol. The molecule has 8 nitrogen and oxygen atoms in total. The molecule has 158 valence electrons.